The van der Waals surface area contributed by atoms with Crippen LogP contribution in [0, 0.1) is 0 Å². The van der Waals surface area contributed by atoms with Gasteiger partial charge in [0.2, 0.25) is 5.82 Å². The highest BCUT2D eigenvalue weighted by Gasteiger charge is 2.09. The number of para-hydroxylation sites is 1. The molecule has 0 saturated carbocycles. The first-order valence-electron chi connectivity index (χ1n) is 7.55. The van der Waals surface area contributed by atoms with E-state index < -0.39 is 0 Å². The molecule has 0 unspecified atom stereocenters. The molecule has 3 aromatic rings. The summed E-state index contributed by atoms with van der Waals surface area (Å²) in [6.45, 7) is -0.0928. The fourth-order valence-corrected chi connectivity index (χ4v) is 2.44. The second-order valence-electron chi connectivity index (χ2n) is 5.14. The van der Waals surface area contributed by atoms with E-state index in [9.17, 15) is 4.79 Å². The Hall–Kier alpha value is -2.85. The lowest BCUT2D eigenvalue weighted by atomic mass is 10.2. The van der Waals surface area contributed by atoms with E-state index in [1.165, 1.54) is 4.80 Å². The van der Waals surface area contributed by atoms with E-state index in [2.05, 4.69) is 47.5 Å². The van der Waals surface area contributed by atoms with Crippen molar-refractivity contribution in [3.05, 3.63) is 59.1 Å². The molecule has 3 N–H and O–H groups in total. The Balaban J connectivity index is 1.49. The van der Waals surface area contributed by atoms with E-state index in [-0.39, 0.29) is 17.6 Å². The van der Waals surface area contributed by atoms with Crippen LogP contribution in [0.15, 0.2) is 59.1 Å². The first kappa shape index (κ1) is 18.0. The molecule has 0 fully saturated rings. The van der Waals surface area contributed by atoms with Crippen LogP contribution in [0.2, 0.25) is 0 Å². The van der Waals surface area contributed by atoms with E-state index in [1.54, 1.807) is 0 Å². The molecule has 0 aliphatic heterocycles. The number of hydrogen-bond donors (Lipinski definition) is 3. The predicted molar refractivity (Wildman–Crippen MR) is 105 cm³/mol. The highest BCUT2D eigenvalue weighted by molar-refractivity contribution is 9.10. The lowest BCUT2D eigenvalue weighted by molar-refractivity contribution is -0.122. The molecule has 0 saturated heterocycles. The normalized spacial score (nSPS) is 10.2. The Morgan fingerprint density at radius 1 is 1.08 bits per heavy atom. The third-order valence-electron chi connectivity index (χ3n) is 3.19. The zero-order valence-corrected chi connectivity index (χ0v) is 15.8. The van der Waals surface area contributed by atoms with Crippen LogP contribution in [0.4, 0.5) is 5.69 Å². The number of nitrogens with one attached hydrogen (secondary N) is 3. The number of aromatic nitrogens is 4. The number of rotatable bonds is 4. The van der Waals surface area contributed by atoms with Gasteiger partial charge >= 0.3 is 0 Å². The molecular weight excluding hydrogens is 418 g/mol. The number of anilines is 1. The molecule has 1 aromatic heterocycles. The van der Waals surface area contributed by atoms with Gasteiger partial charge in [-0.3, -0.25) is 15.6 Å². The maximum absolute atomic E-state index is 12.0. The fraction of sp³-hybridized carbons (Fsp3) is 0.0625. The Bertz CT molecular complexity index is 898. The SMILES string of the molecule is O=C(Cn1nnc(-c2ccc(Br)cc2)n1)NNC(=S)Nc1ccccc1. The van der Waals surface area contributed by atoms with Crippen LogP contribution in [-0.2, 0) is 11.3 Å². The first-order chi connectivity index (χ1) is 12.6. The molecule has 132 valence electrons. The molecule has 1 heterocycles. The molecule has 3 rings (SSSR count). The number of nitrogens with zero attached hydrogens (tertiary/aromatic N) is 4. The molecule has 0 spiro atoms. The minimum absolute atomic E-state index is 0.0928. The second kappa shape index (κ2) is 8.50. The van der Waals surface area contributed by atoms with Crippen molar-refractivity contribution in [2.24, 2.45) is 0 Å². The minimum Gasteiger partial charge on any atom is -0.331 e. The summed E-state index contributed by atoms with van der Waals surface area (Å²) in [7, 11) is 0. The molecule has 10 heteroatoms. The van der Waals surface area contributed by atoms with Crippen molar-refractivity contribution in [2.45, 2.75) is 6.54 Å². The largest absolute Gasteiger partial charge is 0.331 e. The Labute approximate surface area is 163 Å². The summed E-state index contributed by atoms with van der Waals surface area (Å²) >= 11 is 8.47. The number of thiocarbonyl (C=S) groups is 1. The molecule has 1 amide bonds. The number of halogens is 1. The van der Waals surface area contributed by atoms with Crippen molar-refractivity contribution in [3.63, 3.8) is 0 Å². The predicted octanol–water partition coefficient (Wildman–Crippen LogP) is 2.12. The van der Waals surface area contributed by atoms with Gasteiger partial charge in [0.25, 0.3) is 5.91 Å². The molecule has 26 heavy (non-hydrogen) atoms. The van der Waals surface area contributed by atoms with Crippen LogP contribution < -0.4 is 16.2 Å². The maximum Gasteiger partial charge on any atom is 0.262 e. The average Bonchev–Trinajstić information content (AvgIpc) is 3.10. The van der Waals surface area contributed by atoms with Gasteiger partial charge in [0.1, 0.15) is 6.54 Å². The molecule has 2 aromatic carbocycles. The molecule has 0 bridgehead atoms. The van der Waals surface area contributed by atoms with Crippen LogP contribution >= 0.6 is 28.1 Å². The number of hydrogen-bond acceptors (Lipinski definition) is 5. The van der Waals surface area contributed by atoms with E-state index in [0.717, 1.165) is 15.7 Å². The zero-order chi connectivity index (χ0) is 18.4. The lowest BCUT2D eigenvalue weighted by Gasteiger charge is -2.11. The summed E-state index contributed by atoms with van der Waals surface area (Å²) < 4.78 is 0.958. The van der Waals surface area contributed by atoms with Gasteiger partial charge in [-0.05, 0) is 53.8 Å². The Kier molecular flexibility index (Phi) is 5.87. The topological polar surface area (TPSA) is 96.8 Å². The van der Waals surface area contributed by atoms with E-state index >= 15 is 0 Å². The summed E-state index contributed by atoms with van der Waals surface area (Å²) in [6, 6.07) is 16.9. The molecule has 0 radical (unpaired) electrons. The molecule has 0 atom stereocenters. The molecule has 0 aliphatic carbocycles. The third kappa shape index (κ3) is 5.07. The second-order valence-corrected chi connectivity index (χ2v) is 6.47. The van der Waals surface area contributed by atoms with E-state index in [0.29, 0.717) is 5.82 Å². The van der Waals surface area contributed by atoms with Crippen molar-refractivity contribution < 1.29 is 4.79 Å². The van der Waals surface area contributed by atoms with Gasteiger partial charge in [-0.25, -0.2) is 0 Å². The first-order valence-corrected chi connectivity index (χ1v) is 8.75. The minimum atomic E-state index is -0.359. The molecule has 0 aliphatic rings. The smallest absolute Gasteiger partial charge is 0.262 e. The van der Waals surface area contributed by atoms with Crippen LogP contribution in [-0.4, -0.2) is 31.2 Å². The number of benzene rings is 2. The number of carbonyl (C=O) groups is 1. The molecule has 8 nitrogen and oxygen atoms in total. The summed E-state index contributed by atoms with van der Waals surface area (Å²) in [5.41, 5.74) is 6.73. The Morgan fingerprint density at radius 2 is 1.81 bits per heavy atom. The maximum atomic E-state index is 12.0. The van der Waals surface area contributed by atoms with Crippen molar-refractivity contribution in [1.82, 2.24) is 31.1 Å². The van der Waals surface area contributed by atoms with Gasteiger partial charge in [0.05, 0.1) is 0 Å². The van der Waals surface area contributed by atoms with Crippen molar-refractivity contribution in [3.8, 4) is 11.4 Å². The summed E-state index contributed by atoms with van der Waals surface area (Å²) in [4.78, 5) is 13.2. The monoisotopic (exact) mass is 431 g/mol. The average molecular weight is 432 g/mol. The van der Waals surface area contributed by atoms with Gasteiger partial charge in [0.15, 0.2) is 5.11 Å². The van der Waals surface area contributed by atoms with Crippen LogP contribution in [0.25, 0.3) is 11.4 Å². The summed E-state index contributed by atoms with van der Waals surface area (Å²) in [6.07, 6.45) is 0. The van der Waals surface area contributed by atoms with Crippen LogP contribution in [0.3, 0.4) is 0 Å². The summed E-state index contributed by atoms with van der Waals surface area (Å²) in [5, 5.41) is 15.2. The number of hydrazine groups is 1. The van der Waals surface area contributed by atoms with Crippen molar-refractivity contribution in [2.75, 3.05) is 5.32 Å². The number of amides is 1. The summed E-state index contributed by atoms with van der Waals surface area (Å²) in [5.74, 6) is 0.0847. The molecular formula is C16H14BrN7OS. The highest BCUT2D eigenvalue weighted by atomic mass is 79.9. The van der Waals surface area contributed by atoms with Crippen molar-refractivity contribution >= 4 is 44.9 Å². The zero-order valence-electron chi connectivity index (χ0n) is 13.4. The standard InChI is InChI=1S/C16H14BrN7OS/c17-12-8-6-11(7-9-12)15-20-23-24(22-15)10-14(25)19-21-16(26)18-13-4-2-1-3-5-13/h1-9H,10H2,(H,19,25)(H2,18,21,26). The van der Waals surface area contributed by atoms with Gasteiger partial charge in [-0.2, -0.15) is 4.80 Å². The van der Waals surface area contributed by atoms with Gasteiger partial charge in [-0.1, -0.05) is 34.1 Å². The Morgan fingerprint density at radius 3 is 2.54 bits per heavy atom. The third-order valence-corrected chi connectivity index (χ3v) is 3.92. The number of tetrazole rings is 1. The van der Waals surface area contributed by atoms with Gasteiger partial charge in [-0.15, -0.1) is 10.2 Å². The van der Waals surface area contributed by atoms with Gasteiger partial charge < -0.3 is 5.32 Å². The van der Waals surface area contributed by atoms with Crippen LogP contribution in [0.1, 0.15) is 0 Å². The van der Waals surface area contributed by atoms with Gasteiger partial charge in [0, 0.05) is 15.7 Å². The van der Waals surface area contributed by atoms with Crippen LogP contribution in [0.5, 0.6) is 0 Å². The lowest BCUT2D eigenvalue weighted by Crippen LogP contribution is -2.45. The fourth-order valence-electron chi connectivity index (χ4n) is 2.00. The van der Waals surface area contributed by atoms with Crippen molar-refractivity contribution in [1.29, 1.82) is 0 Å². The quantitative estimate of drug-likeness (QED) is 0.429. The van der Waals surface area contributed by atoms with E-state index in [4.69, 9.17) is 12.2 Å². The van der Waals surface area contributed by atoms with E-state index in [1.807, 2.05) is 54.6 Å². The highest BCUT2D eigenvalue weighted by Crippen LogP contribution is 2.17. The number of carbonyl (C=O) groups excluding carboxylic acids is 1.